The van der Waals surface area contributed by atoms with E-state index in [1.807, 2.05) is 26.8 Å². The van der Waals surface area contributed by atoms with Gasteiger partial charge in [0.1, 0.15) is 5.52 Å². The number of nitrogens with zero attached hydrogens (tertiary/aromatic N) is 2. The third-order valence-corrected chi connectivity index (χ3v) is 3.88. The van der Waals surface area contributed by atoms with Crippen molar-refractivity contribution in [1.82, 2.24) is 9.97 Å². The van der Waals surface area contributed by atoms with Crippen LogP contribution < -0.4 is 5.73 Å². The predicted molar refractivity (Wildman–Crippen MR) is 73.3 cm³/mol. The van der Waals surface area contributed by atoms with Gasteiger partial charge in [0.2, 0.25) is 0 Å². The van der Waals surface area contributed by atoms with Gasteiger partial charge in [0.25, 0.3) is 0 Å². The van der Waals surface area contributed by atoms with Crippen LogP contribution in [0.1, 0.15) is 18.9 Å². The molecule has 0 unspecified atom stereocenters. The summed E-state index contributed by atoms with van der Waals surface area (Å²) in [7, 11) is 0. The lowest BCUT2D eigenvalue weighted by molar-refractivity contribution is 1.35. The second kappa shape index (κ2) is 4.35. The molecule has 3 nitrogen and oxygen atoms in total. The van der Waals surface area contributed by atoms with Gasteiger partial charge in [-0.3, -0.25) is 0 Å². The molecule has 2 aromatic heterocycles. The van der Waals surface area contributed by atoms with Gasteiger partial charge in [-0.25, -0.2) is 9.97 Å². The topological polar surface area (TPSA) is 51.8 Å². The zero-order valence-electron chi connectivity index (χ0n) is 9.44. The van der Waals surface area contributed by atoms with Gasteiger partial charge in [0.05, 0.1) is 19.9 Å². The van der Waals surface area contributed by atoms with Gasteiger partial charge < -0.3 is 5.73 Å². The summed E-state index contributed by atoms with van der Waals surface area (Å²) in [6, 6.07) is 4.06. The summed E-state index contributed by atoms with van der Waals surface area (Å²) in [5.74, 6) is 0. The van der Waals surface area contributed by atoms with E-state index >= 15 is 0 Å². The monoisotopic (exact) mass is 251 g/mol. The van der Waals surface area contributed by atoms with Crippen molar-refractivity contribution in [2.45, 2.75) is 20.8 Å². The molecular formula is C11H13N3S2. The van der Waals surface area contributed by atoms with Gasteiger partial charge in [0.15, 0.2) is 5.13 Å². The lowest BCUT2D eigenvalue weighted by atomic mass is 10.3. The van der Waals surface area contributed by atoms with Crippen molar-refractivity contribution in [3.63, 3.8) is 0 Å². The van der Waals surface area contributed by atoms with E-state index in [1.165, 1.54) is 16.0 Å². The molecule has 84 valence electrons. The molecule has 0 aliphatic rings. The Morgan fingerprint density at radius 1 is 1.12 bits per heavy atom. The summed E-state index contributed by atoms with van der Waals surface area (Å²) in [6.45, 7) is 6.01. The van der Waals surface area contributed by atoms with E-state index in [-0.39, 0.29) is 0 Å². The van der Waals surface area contributed by atoms with Gasteiger partial charge in [0, 0.05) is 0 Å². The van der Waals surface area contributed by atoms with Crippen LogP contribution in [0.15, 0.2) is 12.1 Å². The minimum absolute atomic E-state index is 0.609. The highest BCUT2D eigenvalue weighted by molar-refractivity contribution is 7.24. The lowest BCUT2D eigenvalue weighted by Crippen LogP contribution is -1.78. The fourth-order valence-electron chi connectivity index (χ4n) is 1.50. The Morgan fingerprint density at radius 2 is 1.88 bits per heavy atom. The molecule has 0 amide bonds. The number of hydrogen-bond donors (Lipinski definition) is 1. The van der Waals surface area contributed by atoms with E-state index in [1.54, 1.807) is 11.3 Å². The average Bonchev–Trinajstić information content (AvgIpc) is 2.81. The van der Waals surface area contributed by atoms with Crippen molar-refractivity contribution in [2.75, 3.05) is 5.73 Å². The molecule has 0 aliphatic heterocycles. The number of aryl methyl sites for hydroxylation is 1. The maximum absolute atomic E-state index is 5.67. The summed E-state index contributed by atoms with van der Waals surface area (Å²) < 4.78 is 2.31. The zero-order valence-corrected chi connectivity index (χ0v) is 11.1. The zero-order chi connectivity index (χ0) is 11.7. The number of thiazole rings is 2. The van der Waals surface area contributed by atoms with Crippen molar-refractivity contribution in [2.24, 2.45) is 0 Å². The lowest BCUT2D eigenvalue weighted by Gasteiger charge is -1.87. The Hall–Kier alpha value is -1.20. The van der Waals surface area contributed by atoms with Gasteiger partial charge >= 0.3 is 0 Å². The van der Waals surface area contributed by atoms with Crippen LogP contribution in [0, 0.1) is 6.92 Å². The first-order valence-electron chi connectivity index (χ1n) is 5.16. The van der Waals surface area contributed by atoms with E-state index in [4.69, 9.17) is 5.73 Å². The van der Waals surface area contributed by atoms with Crippen molar-refractivity contribution in [3.8, 4) is 0 Å². The summed E-state index contributed by atoms with van der Waals surface area (Å²) in [5.41, 5.74) is 7.66. The van der Waals surface area contributed by atoms with Gasteiger partial charge in [-0.15, -0.1) is 11.3 Å². The standard InChI is InChI=1S/C9H7N3S2.C2H6/c1-4-11-7-6(13-4)3-2-5-8(7)14-9(10)12-5;1-2/h2-3H,1H3,(H2,10,12);1-2H3. The molecule has 3 aromatic rings. The number of anilines is 1. The smallest absolute Gasteiger partial charge is 0.181 e. The van der Waals surface area contributed by atoms with Crippen LogP contribution in [0.4, 0.5) is 5.13 Å². The molecule has 2 N–H and O–H groups in total. The first-order valence-corrected chi connectivity index (χ1v) is 6.79. The molecule has 0 saturated carbocycles. The largest absolute Gasteiger partial charge is 0.375 e. The Bertz CT molecular complexity index is 569. The van der Waals surface area contributed by atoms with E-state index in [2.05, 4.69) is 16.0 Å². The van der Waals surface area contributed by atoms with E-state index in [9.17, 15) is 0 Å². The molecule has 0 fully saturated rings. The van der Waals surface area contributed by atoms with E-state index in [0.29, 0.717) is 5.13 Å². The van der Waals surface area contributed by atoms with Gasteiger partial charge in [-0.05, 0) is 19.1 Å². The molecule has 0 spiro atoms. The fourth-order valence-corrected chi connectivity index (χ4v) is 3.23. The Labute approximate surface area is 102 Å². The number of nitrogen functional groups attached to an aromatic ring is 1. The number of nitrogens with two attached hydrogens (primary N) is 1. The summed E-state index contributed by atoms with van der Waals surface area (Å²) in [5, 5.41) is 1.69. The van der Waals surface area contributed by atoms with Crippen LogP contribution in [0.5, 0.6) is 0 Å². The summed E-state index contributed by atoms with van der Waals surface area (Å²) >= 11 is 3.21. The number of hydrogen-bond acceptors (Lipinski definition) is 5. The normalized spacial score (nSPS) is 10.4. The Kier molecular flexibility index (Phi) is 3.07. The van der Waals surface area contributed by atoms with Crippen LogP contribution in [0.3, 0.4) is 0 Å². The SMILES string of the molecule is CC.Cc1nc2c(ccc3nc(N)sc32)s1. The second-order valence-corrected chi connectivity index (χ2v) is 5.31. The first kappa shape index (κ1) is 11.3. The van der Waals surface area contributed by atoms with Crippen molar-refractivity contribution < 1.29 is 0 Å². The van der Waals surface area contributed by atoms with E-state index in [0.717, 1.165) is 20.7 Å². The van der Waals surface area contributed by atoms with Crippen LogP contribution in [0.25, 0.3) is 20.4 Å². The van der Waals surface area contributed by atoms with Crippen molar-refractivity contribution >= 4 is 48.2 Å². The molecule has 16 heavy (non-hydrogen) atoms. The van der Waals surface area contributed by atoms with Gasteiger partial charge in [-0.2, -0.15) is 0 Å². The Balaban J connectivity index is 0.000000457. The number of aromatic nitrogens is 2. The number of benzene rings is 1. The molecule has 0 atom stereocenters. The summed E-state index contributed by atoms with van der Waals surface area (Å²) in [4.78, 5) is 8.72. The number of rotatable bonds is 0. The van der Waals surface area contributed by atoms with E-state index < -0.39 is 0 Å². The molecule has 0 aliphatic carbocycles. The van der Waals surface area contributed by atoms with Crippen LogP contribution >= 0.6 is 22.7 Å². The molecule has 5 heteroatoms. The Morgan fingerprint density at radius 3 is 2.62 bits per heavy atom. The second-order valence-electron chi connectivity index (χ2n) is 3.05. The maximum atomic E-state index is 5.67. The highest BCUT2D eigenvalue weighted by Gasteiger charge is 2.08. The van der Waals surface area contributed by atoms with Gasteiger partial charge in [-0.1, -0.05) is 25.2 Å². The third-order valence-electron chi connectivity index (χ3n) is 2.04. The predicted octanol–water partition coefficient (Wildman–Crippen LogP) is 3.82. The summed E-state index contributed by atoms with van der Waals surface area (Å²) in [6.07, 6.45) is 0. The van der Waals surface area contributed by atoms with Crippen LogP contribution in [0.2, 0.25) is 0 Å². The molecule has 0 bridgehead atoms. The van der Waals surface area contributed by atoms with Crippen molar-refractivity contribution in [3.05, 3.63) is 17.1 Å². The highest BCUT2D eigenvalue weighted by atomic mass is 32.1. The minimum atomic E-state index is 0.609. The molecule has 1 aromatic carbocycles. The molecule has 3 rings (SSSR count). The first-order chi connectivity index (χ1) is 7.74. The van der Waals surface area contributed by atoms with Crippen LogP contribution in [-0.2, 0) is 0 Å². The molecule has 0 saturated heterocycles. The molecule has 0 radical (unpaired) electrons. The minimum Gasteiger partial charge on any atom is -0.375 e. The maximum Gasteiger partial charge on any atom is 0.181 e. The quantitative estimate of drug-likeness (QED) is 0.660. The van der Waals surface area contributed by atoms with Crippen molar-refractivity contribution in [1.29, 1.82) is 0 Å². The molecule has 2 heterocycles. The fraction of sp³-hybridized carbons (Fsp3) is 0.273. The number of fused-ring (bicyclic) bond motifs is 3. The molecular weight excluding hydrogens is 238 g/mol. The average molecular weight is 251 g/mol. The van der Waals surface area contributed by atoms with Crippen LogP contribution in [-0.4, -0.2) is 9.97 Å². The third kappa shape index (κ3) is 1.76. The highest BCUT2D eigenvalue weighted by Crippen LogP contribution is 2.33.